The Morgan fingerprint density at radius 1 is 0.897 bits per heavy atom. The number of carbonyl (C=O) groups is 2. The summed E-state index contributed by atoms with van der Waals surface area (Å²) < 4.78 is 40.7. The van der Waals surface area contributed by atoms with Crippen LogP contribution < -0.4 is 9.62 Å². The van der Waals surface area contributed by atoms with Crippen LogP contribution >= 0.6 is 0 Å². The maximum absolute atomic E-state index is 14.0. The average molecular weight is 554 g/mol. The van der Waals surface area contributed by atoms with Crippen LogP contribution in [0.4, 0.5) is 10.1 Å². The van der Waals surface area contributed by atoms with Crippen molar-refractivity contribution >= 4 is 27.5 Å². The molecule has 0 aromatic heterocycles. The van der Waals surface area contributed by atoms with Crippen molar-refractivity contribution in [1.82, 2.24) is 10.2 Å². The Balaban J connectivity index is 2.07. The van der Waals surface area contributed by atoms with E-state index in [2.05, 4.69) is 5.32 Å². The first kappa shape index (κ1) is 29.8. The first-order valence-corrected chi connectivity index (χ1v) is 14.8. The molecule has 3 rings (SSSR count). The van der Waals surface area contributed by atoms with Gasteiger partial charge in [0.1, 0.15) is 18.4 Å². The van der Waals surface area contributed by atoms with Gasteiger partial charge in [-0.3, -0.25) is 13.9 Å². The average Bonchev–Trinajstić information content (AvgIpc) is 2.90. The van der Waals surface area contributed by atoms with Crippen molar-refractivity contribution in [3.63, 3.8) is 0 Å². The van der Waals surface area contributed by atoms with Gasteiger partial charge in [0.15, 0.2) is 0 Å². The number of sulfonamides is 1. The summed E-state index contributed by atoms with van der Waals surface area (Å²) in [5.41, 5.74) is 2.66. The highest BCUT2D eigenvalue weighted by Gasteiger charge is 2.33. The monoisotopic (exact) mass is 553 g/mol. The molecule has 0 spiro atoms. The first-order chi connectivity index (χ1) is 18.5. The van der Waals surface area contributed by atoms with Gasteiger partial charge < -0.3 is 10.2 Å². The van der Waals surface area contributed by atoms with Crippen LogP contribution in [0.3, 0.4) is 0 Å². The van der Waals surface area contributed by atoms with Crippen LogP contribution in [-0.2, 0) is 32.6 Å². The van der Waals surface area contributed by atoms with E-state index in [-0.39, 0.29) is 24.8 Å². The molecular formula is C30H36FN3O4S. The third kappa shape index (κ3) is 8.13. The van der Waals surface area contributed by atoms with Gasteiger partial charge in [-0.2, -0.15) is 0 Å². The number of rotatable bonds is 12. The minimum atomic E-state index is -3.86. The third-order valence-electron chi connectivity index (χ3n) is 6.39. The molecule has 3 aromatic carbocycles. The van der Waals surface area contributed by atoms with E-state index in [1.54, 1.807) is 31.2 Å². The van der Waals surface area contributed by atoms with Crippen molar-refractivity contribution in [3.8, 4) is 0 Å². The zero-order valence-corrected chi connectivity index (χ0v) is 23.6. The Labute approximate surface area is 230 Å². The lowest BCUT2D eigenvalue weighted by Gasteiger charge is -2.34. The van der Waals surface area contributed by atoms with Gasteiger partial charge in [-0.1, -0.05) is 74.5 Å². The largest absolute Gasteiger partial charge is 0.355 e. The normalized spacial score (nSPS) is 12.2. The highest BCUT2D eigenvalue weighted by molar-refractivity contribution is 7.92. The molecule has 0 aliphatic carbocycles. The fourth-order valence-electron chi connectivity index (χ4n) is 4.43. The molecule has 208 valence electrons. The second-order valence-corrected chi connectivity index (χ2v) is 11.6. The first-order valence-electron chi connectivity index (χ1n) is 12.9. The molecule has 0 bridgehead atoms. The fourth-order valence-corrected chi connectivity index (χ4v) is 5.30. The summed E-state index contributed by atoms with van der Waals surface area (Å²) in [5.74, 6) is -1.31. The molecule has 0 radical (unpaired) electrons. The highest BCUT2D eigenvalue weighted by Crippen LogP contribution is 2.29. The van der Waals surface area contributed by atoms with E-state index in [1.165, 1.54) is 17.0 Å². The minimum absolute atomic E-state index is 0.00280. The summed E-state index contributed by atoms with van der Waals surface area (Å²) in [6.45, 7) is 5.56. The van der Waals surface area contributed by atoms with Gasteiger partial charge in [0, 0.05) is 19.5 Å². The van der Waals surface area contributed by atoms with Crippen molar-refractivity contribution in [2.45, 2.75) is 45.7 Å². The van der Waals surface area contributed by atoms with E-state index in [1.807, 2.05) is 56.3 Å². The van der Waals surface area contributed by atoms with Crippen molar-refractivity contribution in [3.05, 3.63) is 101 Å². The number of carbonyl (C=O) groups excluding carboxylic acids is 2. The van der Waals surface area contributed by atoms with Crippen LogP contribution in [0, 0.1) is 5.82 Å². The van der Waals surface area contributed by atoms with E-state index >= 15 is 0 Å². The van der Waals surface area contributed by atoms with Crippen LogP contribution in [0.15, 0.2) is 78.9 Å². The predicted molar refractivity (Wildman–Crippen MR) is 152 cm³/mol. The van der Waals surface area contributed by atoms with Gasteiger partial charge in [-0.15, -0.1) is 0 Å². The van der Waals surface area contributed by atoms with Crippen LogP contribution in [0.1, 0.15) is 43.4 Å². The lowest BCUT2D eigenvalue weighted by molar-refractivity contribution is -0.140. The van der Waals surface area contributed by atoms with Crippen LogP contribution in [0.25, 0.3) is 0 Å². The fraction of sp³-hybridized carbons (Fsp3) is 0.333. The van der Waals surface area contributed by atoms with E-state index in [9.17, 15) is 22.4 Å². The number of halogens is 1. The molecule has 7 nitrogen and oxygen atoms in total. The van der Waals surface area contributed by atoms with Gasteiger partial charge in [0.05, 0.1) is 11.9 Å². The molecular weight excluding hydrogens is 517 g/mol. The molecule has 1 N–H and O–H groups in total. The molecule has 0 saturated carbocycles. The zero-order chi connectivity index (χ0) is 28.6. The number of nitrogens with one attached hydrogen (secondary N) is 1. The van der Waals surface area contributed by atoms with Crippen LogP contribution in [0.5, 0.6) is 0 Å². The number of hydrogen-bond acceptors (Lipinski definition) is 4. The van der Waals surface area contributed by atoms with Crippen molar-refractivity contribution in [2.24, 2.45) is 0 Å². The molecule has 0 saturated heterocycles. The van der Waals surface area contributed by atoms with Gasteiger partial charge in [-0.05, 0) is 47.7 Å². The number of hydrogen-bond donors (Lipinski definition) is 1. The summed E-state index contributed by atoms with van der Waals surface area (Å²) in [7, 11) is -3.86. The molecule has 0 fully saturated rings. The van der Waals surface area contributed by atoms with Gasteiger partial charge in [0.25, 0.3) is 0 Å². The molecule has 2 amide bonds. The predicted octanol–water partition coefficient (Wildman–Crippen LogP) is 4.49. The van der Waals surface area contributed by atoms with Gasteiger partial charge in [0.2, 0.25) is 21.8 Å². The Morgan fingerprint density at radius 2 is 1.51 bits per heavy atom. The Morgan fingerprint density at radius 3 is 2.10 bits per heavy atom. The minimum Gasteiger partial charge on any atom is -0.355 e. The Bertz CT molecular complexity index is 1360. The summed E-state index contributed by atoms with van der Waals surface area (Å²) in [5, 5.41) is 2.81. The highest BCUT2D eigenvalue weighted by atomic mass is 32.2. The quantitative estimate of drug-likeness (QED) is 0.358. The Hall–Kier alpha value is -3.72. The van der Waals surface area contributed by atoms with Crippen LogP contribution in [-0.4, -0.2) is 50.5 Å². The smallest absolute Gasteiger partial charge is 0.244 e. The number of benzene rings is 3. The SMILES string of the molecule is CCNC(=O)[C@@H](Cc1ccccc1)N(Cc1ccc(F)cc1)C(=O)CN(c1ccccc1C(C)C)S(C)(=O)=O. The van der Waals surface area contributed by atoms with Crippen molar-refractivity contribution in [1.29, 1.82) is 0 Å². The number of anilines is 1. The molecule has 1 atom stereocenters. The second-order valence-electron chi connectivity index (χ2n) is 9.73. The maximum Gasteiger partial charge on any atom is 0.244 e. The topological polar surface area (TPSA) is 86.8 Å². The number of para-hydroxylation sites is 1. The molecule has 3 aromatic rings. The van der Waals surface area contributed by atoms with Crippen LogP contribution in [0.2, 0.25) is 0 Å². The maximum atomic E-state index is 14.0. The molecule has 0 aliphatic heterocycles. The molecule has 39 heavy (non-hydrogen) atoms. The zero-order valence-electron chi connectivity index (χ0n) is 22.8. The van der Waals surface area contributed by atoms with Crippen molar-refractivity contribution in [2.75, 3.05) is 23.7 Å². The summed E-state index contributed by atoms with van der Waals surface area (Å²) >= 11 is 0. The summed E-state index contributed by atoms with van der Waals surface area (Å²) in [6, 6.07) is 21.1. The second kappa shape index (κ2) is 13.4. The lowest BCUT2D eigenvalue weighted by atomic mass is 10.0. The van der Waals surface area contributed by atoms with E-state index in [4.69, 9.17) is 0 Å². The molecule has 9 heteroatoms. The van der Waals surface area contributed by atoms with Crippen molar-refractivity contribution < 1.29 is 22.4 Å². The van der Waals surface area contributed by atoms with E-state index in [0.717, 1.165) is 21.7 Å². The third-order valence-corrected chi connectivity index (χ3v) is 7.52. The number of nitrogens with zero attached hydrogens (tertiary/aromatic N) is 2. The van der Waals surface area contributed by atoms with Gasteiger partial charge in [-0.25, -0.2) is 12.8 Å². The van der Waals surface area contributed by atoms with E-state index in [0.29, 0.717) is 17.8 Å². The summed E-state index contributed by atoms with van der Waals surface area (Å²) in [6.07, 6.45) is 1.29. The van der Waals surface area contributed by atoms with Gasteiger partial charge >= 0.3 is 0 Å². The molecule has 0 unspecified atom stereocenters. The number of likely N-dealkylation sites (N-methyl/N-ethyl adjacent to an activating group) is 1. The standard InChI is InChI=1S/C30H36FN3O4S/c1-5-32-30(36)28(19-23-11-7-6-8-12-23)33(20-24-15-17-25(31)18-16-24)29(35)21-34(39(4,37)38)27-14-10-9-13-26(27)22(2)3/h6-18,22,28H,5,19-21H2,1-4H3,(H,32,36)/t28-/m1/s1. The number of amides is 2. The molecule has 0 heterocycles. The molecule has 0 aliphatic rings. The lowest BCUT2D eigenvalue weighted by Crippen LogP contribution is -2.53. The summed E-state index contributed by atoms with van der Waals surface area (Å²) in [4.78, 5) is 28.8. The van der Waals surface area contributed by atoms with E-state index < -0.39 is 34.3 Å². The Kier molecular flexibility index (Phi) is 10.2.